The number of rotatable bonds is 4. The average Bonchev–Trinajstić information content (AvgIpc) is 2.98. The first-order valence-electron chi connectivity index (χ1n) is 7.92. The van der Waals surface area contributed by atoms with E-state index >= 15 is 0 Å². The van der Waals surface area contributed by atoms with Crippen LogP contribution in [0.4, 0.5) is 4.39 Å². The largest absolute Gasteiger partial charge is 0.445 e. The second-order valence-corrected chi connectivity index (χ2v) is 8.64. The molecule has 1 atom stereocenters. The van der Waals surface area contributed by atoms with Gasteiger partial charge in [-0.15, -0.1) is 0 Å². The van der Waals surface area contributed by atoms with Crippen LogP contribution in [-0.2, 0) is 21.9 Å². The van der Waals surface area contributed by atoms with Crippen LogP contribution in [0.2, 0.25) is 0 Å². The molecule has 1 unspecified atom stereocenters. The van der Waals surface area contributed by atoms with Gasteiger partial charge in [0.15, 0.2) is 0 Å². The van der Waals surface area contributed by atoms with Crippen molar-refractivity contribution >= 4 is 10.0 Å². The zero-order chi connectivity index (χ0) is 17.4. The molecule has 1 aliphatic heterocycles. The van der Waals surface area contributed by atoms with Gasteiger partial charge in [0.05, 0.1) is 17.9 Å². The van der Waals surface area contributed by atoms with Crippen molar-refractivity contribution in [3.05, 3.63) is 53.5 Å². The summed E-state index contributed by atoms with van der Waals surface area (Å²) < 4.78 is 44.7. The number of sulfonamides is 1. The molecule has 0 N–H and O–H groups in total. The molecule has 0 radical (unpaired) electrons. The Morgan fingerprint density at radius 3 is 2.83 bits per heavy atom. The van der Waals surface area contributed by atoms with Crippen LogP contribution in [0.3, 0.4) is 0 Å². The maximum atomic E-state index is 13.8. The topological polar surface area (TPSA) is 63.4 Å². The summed E-state index contributed by atoms with van der Waals surface area (Å²) in [7, 11) is -3.24. The van der Waals surface area contributed by atoms with Gasteiger partial charge in [0.2, 0.25) is 15.9 Å². The van der Waals surface area contributed by atoms with Crippen molar-refractivity contribution in [3.8, 4) is 0 Å². The molecule has 0 amide bonds. The second-order valence-electron chi connectivity index (χ2n) is 6.66. The van der Waals surface area contributed by atoms with Crippen molar-refractivity contribution in [2.45, 2.75) is 31.6 Å². The van der Waals surface area contributed by atoms with Crippen molar-refractivity contribution in [3.63, 3.8) is 0 Å². The Balaban J connectivity index is 1.81. The first-order valence-corrected chi connectivity index (χ1v) is 9.76. The Kier molecular flexibility index (Phi) is 4.48. The van der Waals surface area contributed by atoms with Gasteiger partial charge in [-0.1, -0.05) is 18.2 Å². The van der Waals surface area contributed by atoms with E-state index in [-0.39, 0.29) is 5.82 Å². The van der Waals surface area contributed by atoms with Crippen molar-refractivity contribution in [2.75, 3.05) is 19.3 Å². The van der Waals surface area contributed by atoms with Crippen molar-refractivity contribution in [1.29, 1.82) is 0 Å². The maximum absolute atomic E-state index is 13.8. The molecule has 0 saturated carbocycles. The van der Waals surface area contributed by atoms with Crippen LogP contribution < -0.4 is 0 Å². The van der Waals surface area contributed by atoms with E-state index < -0.39 is 15.4 Å². The van der Waals surface area contributed by atoms with E-state index in [2.05, 4.69) is 4.98 Å². The molecule has 5 nitrogen and oxygen atoms in total. The predicted molar refractivity (Wildman–Crippen MR) is 88.7 cm³/mol. The average molecular weight is 352 g/mol. The molecule has 2 aromatic rings. The van der Waals surface area contributed by atoms with E-state index in [1.807, 2.05) is 6.92 Å². The zero-order valence-electron chi connectivity index (χ0n) is 13.8. The Morgan fingerprint density at radius 2 is 2.12 bits per heavy atom. The third kappa shape index (κ3) is 3.52. The SMILES string of the molecule is CC1(c2ncc(Cc3ccccc3F)o2)CCCN(S(C)(=O)=O)C1. The van der Waals surface area contributed by atoms with E-state index in [4.69, 9.17) is 4.42 Å². The summed E-state index contributed by atoms with van der Waals surface area (Å²) in [6.07, 6.45) is 4.71. The number of benzene rings is 1. The van der Waals surface area contributed by atoms with E-state index in [0.717, 1.165) is 12.8 Å². The Hall–Kier alpha value is -1.73. The van der Waals surface area contributed by atoms with E-state index in [0.29, 0.717) is 36.7 Å². The third-order valence-electron chi connectivity index (χ3n) is 4.52. The smallest absolute Gasteiger partial charge is 0.211 e. The van der Waals surface area contributed by atoms with Crippen LogP contribution in [-0.4, -0.2) is 37.1 Å². The van der Waals surface area contributed by atoms with Gasteiger partial charge in [-0.25, -0.2) is 22.1 Å². The number of hydrogen-bond acceptors (Lipinski definition) is 4. The van der Waals surface area contributed by atoms with Crippen LogP contribution in [0.1, 0.15) is 37.0 Å². The molecular formula is C17H21FN2O3S. The summed E-state index contributed by atoms with van der Waals surface area (Å²) in [6, 6.07) is 6.56. The number of aromatic nitrogens is 1. The Labute approximate surface area is 141 Å². The van der Waals surface area contributed by atoms with E-state index in [1.54, 1.807) is 24.4 Å². The van der Waals surface area contributed by atoms with Gasteiger partial charge in [-0.3, -0.25) is 0 Å². The standard InChI is InChI=1S/C17H21FN2O3S/c1-17(8-5-9-20(12-17)24(2,21)22)16-19-11-14(23-16)10-13-6-3-4-7-15(13)18/h3-4,6-7,11H,5,8-10,12H2,1-2H3. The molecule has 0 spiro atoms. The van der Waals surface area contributed by atoms with Crippen molar-refractivity contribution < 1.29 is 17.2 Å². The molecule has 1 aliphatic rings. The molecule has 7 heteroatoms. The minimum absolute atomic E-state index is 0.275. The fourth-order valence-corrected chi connectivity index (χ4v) is 4.13. The van der Waals surface area contributed by atoms with Gasteiger partial charge < -0.3 is 4.42 Å². The molecular weight excluding hydrogens is 331 g/mol. The van der Waals surface area contributed by atoms with Gasteiger partial charge in [0.25, 0.3) is 0 Å². The fourth-order valence-electron chi connectivity index (χ4n) is 3.15. The van der Waals surface area contributed by atoms with Crippen LogP contribution in [0.15, 0.2) is 34.9 Å². The Bertz CT molecular complexity index is 834. The van der Waals surface area contributed by atoms with Gasteiger partial charge in [-0.05, 0) is 31.4 Å². The quantitative estimate of drug-likeness (QED) is 0.849. The molecule has 1 aromatic carbocycles. The summed E-state index contributed by atoms with van der Waals surface area (Å²) in [5.41, 5.74) is 0.0844. The predicted octanol–water partition coefficient (Wildman–Crippen LogP) is 2.72. The van der Waals surface area contributed by atoms with Crippen LogP contribution in [0.5, 0.6) is 0 Å². The van der Waals surface area contributed by atoms with E-state index in [9.17, 15) is 12.8 Å². The van der Waals surface area contributed by atoms with Crippen LogP contribution in [0.25, 0.3) is 0 Å². The van der Waals surface area contributed by atoms with Gasteiger partial charge in [-0.2, -0.15) is 0 Å². The normalized spacial score (nSPS) is 22.6. The molecule has 0 bridgehead atoms. The fraction of sp³-hybridized carbons (Fsp3) is 0.471. The first-order chi connectivity index (χ1) is 11.3. The van der Waals surface area contributed by atoms with Gasteiger partial charge in [0.1, 0.15) is 11.6 Å². The minimum Gasteiger partial charge on any atom is -0.445 e. The lowest BCUT2D eigenvalue weighted by Crippen LogP contribution is -2.46. The molecule has 1 aromatic heterocycles. The molecule has 24 heavy (non-hydrogen) atoms. The monoisotopic (exact) mass is 352 g/mol. The molecule has 130 valence electrons. The lowest BCUT2D eigenvalue weighted by molar-refractivity contribution is 0.203. The lowest BCUT2D eigenvalue weighted by atomic mass is 9.83. The van der Waals surface area contributed by atoms with Gasteiger partial charge >= 0.3 is 0 Å². The maximum Gasteiger partial charge on any atom is 0.211 e. The number of hydrogen-bond donors (Lipinski definition) is 0. The number of piperidine rings is 1. The highest BCUT2D eigenvalue weighted by Crippen LogP contribution is 2.34. The highest BCUT2D eigenvalue weighted by Gasteiger charge is 2.39. The summed E-state index contributed by atoms with van der Waals surface area (Å²) in [6.45, 7) is 2.84. The zero-order valence-corrected chi connectivity index (χ0v) is 14.6. The molecule has 0 aliphatic carbocycles. The minimum atomic E-state index is -3.24. The first kappa shape index (κ1) is 17.1. The van der Waals surface area contributed by atoms with Crippen LogP contribution in [0, 0.1) is 5.82 Å². The molecule has 1 fully saturated rings. The summed E-state index contributed by atoms with van der Waals surface area (Å²) in [5, 5.41) is 0. The summed E-state index contributed by atoms with van der Waals surface area (Å²) in [4.78, 5) is 4.34. The van der Waals surface area contributed by atoms with Crippen molar-refractivity contribution in [2.24, 2.45) is 0 Å². The van der Waals surface area contributed by atoms with Crippen LogP contribution >= 0.6 is 0 Å². The highest BCUT2D eigenvalue weighted by atomic mass is 32.2. The third-order valence-corrected chi connectivity index (χ3v) is 5.77. The highest BCUT2D eigenvalue weighted by molar-refractivity contribution is 7.88. The Morgan fingerprint density at radius 1 is 1.38 bits per heavy atom. The number of nitrogens with zero attached hydrogens (tertiary/aromatic N) is 2. The molecule has 1 saturated heterocycles. The second kappa shape index (κ2) is 6.29. The van der Waals surface area contributed by atoms with E-state index in [1.165, 1.54) is 16.6 Å². The summed E-state index contributed by atoms with van der Waals surface area (Å²) >= 11 is 0. The van der Waals surface area contributed by atoms with Gasteiger partial charge in [0, 0.05) is 19.5 Å². The summed E-state index contributed by atoms with van der Waals surface area (Å²) in [5.74, 6) is 0.817. The van der Waals surface area contributed by atoms with Crippen molar-refractivity contribution in [1.82, 2.24) is 9.29 Å². The lowest BCUT2D eigenvalue weighted by Gasteiger charge is -2.36. The molecule has 3 rings (SSSR count). The number of oxazole rings is 1. The number of halogens is 1. The molecule has 2 heterocycles.